The second-order valence-corrected chi connectivity index (χ2v) is 8.81. The van der Waals surface area contributed by atoms with Crippen LogP contribution in [0, 0.1) is 5.92 Å². The first-order chi connectivity index (χ1) is 15.8. The summed E-state index contributed by atoms with van der Waals surface area (Å²) in [4.78, 5) is 17.0. The molecular formula is C26H29F3N2O2. The number of piperidine rings is 2. The van der Waals surface area contributed by atoms with Crippen LogP contribution >= 0.6 is 0 Å². The van der Waals surface area contributed by atoms with E-state index in [2.05, 4.69) is 17.5 Å². The summed E-state index contributed by atoms with van der Waals surface area (Å²) in [6.07, 6.45) is -0.446. The maximum atomic E-state index is 12.9. The molecule has 0 unspecified atom stereocenters. The summed E-state index contributed by atoms with van der Waals surface area (Å²) < 4.78 is 44.4. The van der Waals surface area contributed by atoms with Gasteiger partial charge in [-0.05, 0) is 42.5 Å². The molecule has 176 valence electrons. The molecule has 0 bridgehead atoms. The van der Waals surface area contributed by atoms with Gasteiger partial charge in [-0.2, -0.15) is 13.2 Å². The van der Waals surface area contributed by atoms with Gasteiger partial charge in [-0.25, -0.2) is 0 Å². The average Bonchev–Trinajstić information content (AvgIpc) is 2.80. The van der Waals surface area contributed by atoms with Gasteiger partial charge in [-0.15, -0.1) is 0 Å². The SMILES string of the molecule is C=CCOc1ccccc1CN1CC[C@@H]2[C@@H](CCC(=O)N2Cc2ccc(C(F)(F)F)cc2)C1. The number of benzene rings is 2. The van der Waals surface area contributed by atoms with Crippen LogP contribution in [0.1, 0.15) is 36.0 Å². The van der Waals surface area contributed by atoms with Gasteiger partial charge < -0.3 is 9.64 Å². The van der Waals surface area contributed by atoms with Gasteiger partial charge in [-0.1, -0.05) is 43.0 Å². The fourth-order valence-corrected chi connectivity index (χ4v) is 4.94. The molecule has 0 aromatic heterocycles. The van der Waals surface area contributed by atoms with Crippen molar-refractivity contribution in [3.63, 3.8) is 0 Å². The highest BCUT2D eigenvalue weighted by Crippen LogP contribution is 2.34. The lowest BCUT2D eigenvalue weighted by Crippen LogP contribution is -2.55. The minimum absolute atomic E-state index is 0.0905. The van der Waals surface area contributed by atoms with Crippen molar-refractivity contribution < 1.29 is 22.7 Å². The molecule has 0 saturated carbocycles. The van der Waals surface area contributed by atoms with Gasteiger partial charge >= 0.3 is 6.18 Å². The van der Waals surface area contributed by atoms with Crippen molar-refractivity contribution in [1.82, 2.24) is 9.80 Å². The summed E-state index contributed by atoms with van der Waals surface area (Å²) in [5.41, 5.74) is 1.19. The zero-order chi connectivity index (χ0) is 23.4. The van der Waals surface area contributed by atoms with Crippen LogP contribution in [0.2, 0.25) is 0 Å². The number of amides is 1. The number of halogens is 3. The number of fused-ring (bicyclic) bond motifs is 1. The number of ether oxygens (including phenoxy) is 1. The number of nitrogens with zero attached hydrogens (tertiary/aromatic N) is 2. The van der Waals surface area contributed by atoms with Crippen molar-refractivity contribution in [1.29, 1.82) is 0 Å². The lowest BCUT2D eigenvalue weighted by Gasteiger charge is -2.47. The molecule has 7 heteroatoms. The fraction of sp³-hybridized carbons (Fsp3) is 0.423. The first kappa shape index (κ1) is 23.4. The molecule has 1 amide bonds. The van der Waals surface area contributed by atoms with Crippen LogP contribution in [-0.2, 0) is 24.1 Å². The Morgan fingerprint density at radius 3 is 2.55 bits per heavy atom. The van der Waals surface area contributed by atoms with Gasteiger partial charge in [0.15, 0.2) is 0 Å². The van der Waals surface area contributed by atoms with E-state index in [1.54, 1.807) is 6.08 Å². The van der Waals surface area contributed by atoms with Gasteiger partial charge in [0.25, 0.3) is 0 Å². The van der Waals surface area contributed by atoms with Crippen molar-refractivity contribution in [3.8, 4) is 5.75 Å². The summed E-state index contributed by atoms with van der Waals surface area (Å²) in [6.45, 7) is 7.05. The molecule has 2 saturated heterocycles. The molecule has 2 aromatic carbocycles. The van der Waals surface area contributed by atoms with Crippen LogP contribution in [0.3, 0.4) is 0 Å². The molecule has 2 atom stereocenters. The Balaban J connectivity index is 1.41. The Bertz CT molecular complexity index is 974. The number of rotatable bonds is 7. The summed E-state index contributed by atoms with van der Waals surface area (Å²) in [6, 6.07) is 13.3. The van der Waals surface area contributed by atoms with Crippen LogP contribution < -0.4 is 4.74 Å². The van der Waals surface area contributed by atoms with E-state index in [1.807, 2.05) is 23.1 Å². The van der Waals surface area contributed by atoms with Crippen LogP contribution in [0.5, 0.6) is 5.75 Å². The van der Waals surface area contributed by atoms with E-state index in [-0.39, 0.29) is 11.9 Å². The first-order valence-corrected chi connectivity index (χ1v) is 11.3. The average molecular weight is 459 g/mol. The minimum atomic E-state index is -4.35. The Morgan fingerprint density at radius 1 is 1.06 bits per heavy atom. The maximum Gasteiger partial charge on any atom is 0.416 e. The number of carbonyl (C=O) groups excluding carboxylic acids is 1. The van der Waals surface area contributed by atoms with Gasteiger partial charge in [0, 0.05) is 44.2 Å². The molecule has 0 N–H and O–H groups in total. The quantitative estimate of drug-likeness (QED) is 0.529. The molecule has 4 nitrogen and oxygen atoms in total. The molecule has 0 aliphatic carbocycles. The van der Waals surface area contributed by atoms with Gasteiger partial charge in [0.2, 0.25) is 5.91 Å². The summed E-state index contributed by atoms with van der Waals surface area (Å²) in [7, 11) is 0. The Morgan fingerprint density at radius 2 is 1.82 bits per heavy atom. The zero-order valence-corrected chi connectivity index (χ0v) is 18.6. The second-order valence-electron chi connectivity index (χ2n) is 8.81. The molecular weight excluding hydrogens is 429 g/mol. The zero-order valence-electron chi connectivity index (χ0n) is 18.6. The van der Waals surface area contributed by atoms with E-state index >= 15 is 0 Å². The van der Waals surface area contributed by atoms with Crippen LogP contribution in [0.4, 0.5) is 13.2 Å². The summed E-state index contributed by atoms with van der Waals surface area (Å²) >= 11 is 0. The number of carbonyl (C=O) groups is 1. The first-order valence-electron chi connectivity index (χ1n) is 11.3. The lowest BCUT2D eigenvalue weighted by atomic mass is 9.83. The van der Waals surface area contributed by atoms with Gasteiger partial charge in [0.05, 0.1) is 5.56 Å². The number of alkyl halides is 3. The Kier molecular flexibility index (Phi) is 7.08. The molecule has 33 heavy (non-hydrogen) atoms. The fourth-order valence-electron chi connectivity index (χ4n) is 4.94. The second kappa shape index (κ2) is 10.00. The molecule has 2 fully saturated rings. The van der Waals surface area contributed by atoms with Crippen molar-refractivity contribution in [2.24, 2.45) is 5.92 Å². The van der Waals surface area contributed by atoms with E-state index in [0.29, 0.717) is 25.5 Å². The van der Waals surface area contributed by atoms with E-state index in [0.717, 1.165) is 61.5 Å². The van der Waals surface area contributed by atoms with Crippen molar-refractivity contribution in [2.75, 3.05) is 19.7 Å². The van der Waals surface area contributed by atoms with Crippen molar-refractivity contribution in [2.45, 2.75) is 44.6 Å². The Hall–Kier alpha value is -2.80. The number of hydrogen-bond donors (Lipinski definition) is 0. The molecule has 0 spiro atoms. The van der Waals surface area contributed by atoms with Crippen LogP contribution in [0.15, 0.2) is 61.2 Å². The third kappa shape index (κ3) is 5.58. The van der Waals surface area contributed by atoms with Crippen molar-refractivity contribution >= 4 is 5.91 Å². The van der Waals surface area contributed by atoms with Crippen LogP contribution in [-0.4, -0.2) is 41.4 Å². The molecule has 2 heterocycles. The minimum Gasteiger partial charge on any atom is -0.489 e. The predicted molar refractivity (Wildman–Crippen MR) is 121 cm³/mol. The topological polar surface area (TPSA) is 32.8 Å². The summed E-state index contributed by atoms with van der Waals surface area (Å²) in [5, 5.41) is 0. The lowest BCUT2D eigenvalue weighted by molar-refractivity contribution is -0.142. The highest BCUT2D eigenvalue weighted by Gasteiger charge is 2.39. The third-order valence-corrected chi connectivity index (χ3v) is 6.59. The molecule has 2 aliphatic heterocycles. The number of para-hydroxylation sites is 1. The maximum absolute atomic E-state index is 12.9. The molecule has 0 radical (unpaired) electrons. The number of hydrogen-bond acceptors (Lipinski definition) is 3. The number of likely N-dealkylation sites (tertiary alicyclic amines) is 2. The smallest absolute Gasteiger partial charge is 0.416 e. The predicted octanol–water partition coefficient (Wildman–Crippen LogP) is 5.28. The normalized spacial score (nSPS) is 21.5. The van der Waals surface area contributed by atoms with E-state index in [4.69, 9.17) is 4.74 Å². The highest BCUT2D eigenvalue weighted by molar-refractivity contribution is 5.77. The standard InChI is InChI=1S/C26H29F3N2O2/c1-2-15-33-24-6-4-3-5-21(24)18-30-14-13-23-20(17-30)9-12-25(32)31(23)16-19-7-10-22(11-8-19)26(27,28)29/h2-8,10-11,20,23H,1,9,12-18H2/t20-,23+/m0/s1. The highest BCUT2D eigenvalue weighted by atomic mass is 19.4. The monoisotopic (exact) mass is 458 g/mol. The van der Waals surface area contributed by atoms with E-state index < -0.39 is 11.7 Å². The molecule has 4 rings (SSSR count). The van der Waals surface area contributed by atoms with E-state index in [9.17, 15) is 18.0 Å². The van der Waals surface area contributed by atoms with E-state index in [1.165, 1.54) is 12.1 Å². The third-order valence-electron chi connectivity index (χ3n) is 6.59. The molecule has 2 aromatic rings. The molecule has 2 aliphatic rings. The van der Waals surface area contributed by atoms with Crippen LogP contribution in [0.25, 0.3) is 0 Å². The van der Waals surface area contributed by atoms with Crippen molar-refractivity contribution in [3.05, 3.63) is 77.9 Å². The largest absolute Gasteiger partial charge is 0.489 e. The summed E-state index contributed by atoms with van der Waals surface area (Å²) in [5.74, 6) is 1.31. The van der Waals surface area contributed by atoms with Gasteiger partial charge in [0.1, 0.15) is 12.4 Å². The van der Waals surface area contributed by atoms with Gasteiger partial charge in [-0.3, -0.25) is 9.69 Å². The Labute approximate surface area is 192 Å².